The van der Waals surface area contributed by atoms with E-state index in [0.717, 1.165) is 5.69 Å². The van der Waals surface area contributed by atoms with Gasteiger partial charge >= 0.3 is 0 Å². The van der Waals surface area contributed by atoms with Gasteiger partial charge in [-0.3, -0.25) is 5.01 Å². The highest BCUT2D eigenvalue weighted by Gasteiger charge is 2.19. The van der Waals surface area contributed by atoms with Gasteiger partial charge in [0.25, 0.3) is 0 Å². The van der Waals surface area contributed by atoms with Crippen molar-refractivity contribution in [3.8, 4) is 0 Å². The fourth-order valence-electron chi connectivity index (χ4n) is 1.93. The minimum absolute atomic E-state index is 0.0134. The number of carbonyl (C=O) groups is 1. The third-order valence-corrected chi connectivity index (χ3v) is 3.14. The van der Waals surface area contributed by atoms with Gasteiger partial charge < -0.3 is 15.2 Å². The van der Waals surface area contributed by atoms with Crippen LogP contribution in [0.3, 0.4) is 0 Å². The second-order valence-corrected chi connectivity index (χ2v) is 5.13. The van der Waals surface area contributed by atoms with Crippen LogP contribution in [0.2, 0.25) is 0 Å². The number of hydrogen-bond donors (Lipinski definition) is 1. The summed E-state index contributed by atoms with van der Waals surface area (Å²) in [6, 6.07) is 9.58. The molecule has 110 valence electrons. The number of anilines is 1. The van der Waals surface area contributed by atoms with Crippen molar-refractivity contribution >= 4 is 29.0 Å². The number of rotatable bonds is 6. The number of hydrogen-bond acceptors (Lipinski definition) is 4. The van der Waals surface area contributed by atoms with Crippen LogP contribution in [0, 0.1) is 0 Å². The number of para-hydroxylation sites is 1. The molecule has 6 heteroatoms. The lowest BCUT2D eigenvalue weighted by molar-refractivity contribution is -0.306. The molecule has 0 aliphatic carbocycles. The molecule has 0 bridgehead atoms. The van der Waals surface area contributed by atoms with Gasteiger partial charge in [-0.1, -0.05) is 18.2 Å². The molecule has 1 N–H and O–H groups in total. The van der Waals surface area contributed by atoms with Crippen LogP contribution in [-0.4, -0.2) is 41.2 Å². The van der Waals surface area contributed by atoms with E-state index in [1.54, 1.807) is 0 Å². The van der Waals surface area contributed by atoms with E-state index in [2.05, 4.69) is 5.32 Å². The highest BCUT2D eigenvalue weighted by atomic mass is 32.1. The average molecular weight is 294 g/mol. The van der Waals surface area contributed by atoms with Crippen molar-refractivity contribution in [2.75, 3.05) is 19.4 Å². The highest BCUT2D eigenvalue weighted by molar-refractivity contribution is 7.80. The molecule has 1 aromatic rings. The van der Waals surface area contributed by atoms with Gasteiger partial charge in [-0.2, -0.15) is 0 Å². The summed E-state index contributed by atoms with van der Waals surface area (Å²) in [7, 11) is 3.74. The molecule has 0 aliphatic heterocycles. The molecule has 20 heavy (non-hydrogen) atoms. The molecule has 0 aliphatic rings. The Hall–Kier alpha value is -1.66. The van der Waals surface area contributed by atoms with E-state index < -0.39 is 5.97 Å². The molecule has 0 spiro atoms. The molecule has 0 heterocycles. The van der Waals surface area contributed by atoms with Crippen molar-refractivity contribution in [1.82, 2.24) is 10.0 Å². The van der Waals surface area contributed by atoms with Crippen LogP contribution in [0.5, 0.6) is 0 Å². The van der Waals surface area contributed by atoms with Gasteiger partial charge in [-0.25, -0.2) is 5.01 Å². The summed E-state index contributed by atoms with van der Waals surface area (Å²) in [4.78, 5) is 10.6. The van der Waals surface area contributed by atoms with E-state index in [1.165, 1.54) is 0 Å². The quantitative estimate of drug-likeness (QED) is 0.626. The molecule has 0 saturated carbocycles. The Morgan fingerprint density at radius 2 is 1.95 bits per heavy atom. The van der Waals surface area contributed by atoms with E-state index in [0.29, 0.717) is 11.5 Å². The molecule has 1 unspecified atom stereocenters. The number of aliphatic carboxylic acids is 1. The lowest BCUT2D eigenvalue weighted by atomic mass is 10.2. The first-order valence-corrected chi connectivity index (χ1v) is 6.85. The Morgan fingerprint density at radius 3 is 2.45 bits per heavy atom. The lowest BCUT2D eigenvalue weighted by Gasteiger charge is -2.36. The molecule has 1 atom stereocenters. The highest BCUT2D eigenvalue weighted by Crippen LogP contribution is 2.12. The molecule has 5 nitrogen and oxygen atoms in total. The smallest absolute Gasteiger partial charge is 0.188 e. The Bertz CT molecular complexity index is 451. The normalized spacial score (nSPS) is 12.0. The van der Waals surface area contributed by atoms with Crippen LogP contribution >= 0.6 is 12.2 Å². The number of hydrazine groups is 1. The van der Waals surface area contributed by atoms with Gasteiger partial charge in [0.2, 0.25) is 0 Å². The summed E-state index contributed by atoms with van der Waals surface area (Å²) in [5.74, 6) is -1.04. The van der Waals surface area contributed by atoms with Crippen LogP contribution < -0.4 is 10.4 Å². The number of nitrogens with one attached hydrogen (secondary N) is 1. The Labute approximate surface area is 125 Å². The average Bonchev–Trinajstić information content (AvgIpc) is 2.37. The van der Waals surface area contributed by atoms with Crippen LogP contribution in [0.4, 0.5) is 5.69 Å². The summed E-state index contributed by atoms with van der Waals surface area (Å²) >= 11 is 5.40. The minimum Gasteiger partial charge on any atom is -0.550 e. The molecule has 0 fully saturated rings. The molecule has 0 radical (unpaired) electrons. The SMILES string of the molecule is CC(CCC(=O)[O-])N(C(=S)Nc1ccccc1)N(C)C. The summed E-state index contributed by atoms with van der Waals surface area (Å²) in [5.41, 5.74) is 0.899. The number of carboxylic acid groups (broad SMARTS) is 1. The maximum Gasteiger partial charge on any atom is 0.188 e. The second kappa shape index (κ2) is 7.81. The summed E-state index contributed by atoms with van der Waals surface area (Å²) < 4.78 is 0. The topological polar surface area (TPSA) is 58.6 Å². The third kappa shape index (κ3) is 5.14. The Morgan fingerprint density at radius 1 is 1.35 bits per heavy atom. The fraction of sp³-hybridized carbons (Fsp3) is 0.429. The molecule has 0 aromatic heterocycles. The zero-order valence-electron chi connectivity index (χ0n) is 12.0. The lowest BCUT2D eigenvalue weighted by Crippen LogP contribution is -2.49. The van der Waals surface area contributed by atoms with Crippen molar-refractivity contribution in [2.45, 2.75) is 25.8 Å². The Balaban J connectivity index is 2.69. The first kappa shape index (κ1) is 16.4. The van der Waals surface area contributed by atoms with E-state index in [1.807, 2.05) is 61.4 Å². The van der Waals surface area contributed by atoms with Gasteiger partial charge in [-0.05, 0) is 44.1 Å². The van der Waals surface area contributed by atoms with Gasteiger partial charge in [0.05, 0.1) is 0 Å². The first-order chi connectivity index (χ1) is 9.41. The van der Waals surface area contributed by atoms with Crippen LogP contribution in [-0.2, 0) is 4.79 Å². The Kier molecular flexibility index (Phi) is 6.41. The predicted octanol–water partition coefficient (Wildman–Crippen LogP) is 1.08. The number of carbonyl (C=O) groups excluding carboxylic acids is 1. The number of nitrogens with zero attached hydrogens (tertiary/aromatic N) is 2. The number of benzene rings is 1. The third-order valence-electron chi connectivity index (χ3n) is 2.85. The van der Waals surface area contributed by atoms with Crippen LogP contribution in [0.15, 0.2) is 30.3 Å². The van der Waals surface area contributed by atoms with E-state index in [-0.39, 0.29) is 12.5 Å². The maximum absolute atomic E-state index is 10.6. The number of thiocarbonyl (C=S) groups is 1. The predicted molar refractivity (Wildman–Crippen MR) is 81.9 cm³/mol. The van der Waals surface area contributed by atoms with E-state index in [4.69, 9.17) is 12.2 Å². The fourth-order valence-corrected chi connectivity index (χ4v) is 2.39. The first-order valence-electron chi connectivity index (χ1n) is 6.44. The molecule has 0 saturated heterocycles. The maximum atomic E-state index is 10.6. The largest absolute Gasteiger partial charge is 0.550 e. The van der Waals surface area contributed by atoms with E-state index in [9.17, 15) is 9.90 Å². The van der Waals surface area contributed by atoms with Crippen LogP contribution in [0.25, 0.3) is 0 Å². The monoisotopic (exact) mass is 294 g/mol. The van der Waals surface area contributed by atoms with Crippen LogP contribution in [0.1, 0.15) is 19.8 Å². The summed E-state index contributed by atoms with van der Waals surface area (Å²) in [5, 5.41) is 17.9. The molecule has 1 aromatic carbocycles. The number of carboxylic acids is 1. The van der Waals surface area contributed by atoms with Gasteiger partial charge in [0.15, 0.2) is 5.11 Å². The van der Waals surface area contributed by atoms with Crippen molar-refractivity contribution < 1.29 is 9.90 Å². The van der Waals surface area contributed by atoms with Crippen molar-refractivity contribution in [2.24, 2.45) is 0 Å². The van der Waals surface area contributed by atoms with E-state index >= 15 is 0 Å². The zero-order chi connectivity index (χ0) is 15.1. The standard InChI is InChI=1S/C14H21N3O2S/c1-11(9-10-13(18)19)17(16(2)3)14(20)15-12-7-5-4-6-8-12/h4-8,11H,9-10H2,1-3H3,(H,15,20)(H,18,19)/p-1. The van der Waals surface area contributed by atoms with Gasteiger partial charge in [-0.15, -0.1) is 0 Å². The van der Waals surface area contributed by atoms with Gasteiger partial charge in [0, 0.05) is 31.8 Å². The van der Waals surface area contributed by atoms with Crippen molar-refractivity contribution in [1.29, 1.82) is 0 Å². The minimum atomic E-state index is -1.04. The van der Waals surface area contributed by atoms with Crippen molar-refractivity contribution in [3.05, 3.63) is 30.3 Å². The molecular formula is C14H20N3O2S-. The molecule has 1 rings (SSSR count). The summed E-state index contributed by atoms with van der Waals surface area (Å²) in [6.07, 6.45) is 0.483. The molecule has 0 amide bonds. The summed E-state index contributed by atoms with van der Waals surface area (Å²) in [6.45, 7) is 1.93. The zero-order valence-corrected chi connectivity index (χ0v) is 12.8. The van der Waals surface area contributed by atoms with Gasteiger partial charge in [0.1, 0.15) is 0 Å². The second-order valence-electron chi connectivity index (χ2n) is 4.75. The molecular weight excluding hydrogens is 274 g/mol. The van der Waals surface area contributed by atoms with Crippen molar-refractivity contribution in [3.63, 3.8) is 0 Å².